The summed E-state index contributed by atoms with van der Waals surface area (Å²) in [4.78, 5) is 9.12. The summed E-state index contributed by atoms with van der Waals surface area (Å²) in [5.74, 6) is -0.256. The molecule has 1 aliphatic rings. The zero-order valence-electron chi connectivity index (χ0n) is 16.3. The predicted molar refractivity (Wildman–Crippen MR) is 118 cm³/mol. The number of unbranched alkanes of at least 4 members (excludes halogenated alkanes) is 1. The smallest absolute Gasteiger partial charge is 0.191 e. The molecule has 1 aromatic rings. The summed E-state index contributed by atoms with van der Waals surface area (Å²) in [7, 11) is 1.67. The third-order valence-corrected chi connectivity index (χ3v) is 4.78. The number of piperazine rings is 1. The van der Waals surface area contributed by atoms with Crippen LogP contribution in [0.1, 0.15) is 25.3 Å². The standard InChI is InChI=1S/C19H31F2N5.HI/c1-3-25-10-12-26(13-11-25)9-5-4-8-23-19(22-2)24-15-16-14-17(20)6-7-18(16)21;/h6-7,14H,3-5,8-13,15H2,1-2H3,(H2,22,23,24);1H. The normalized spacial score (nSPS) is 16.1. The van der Waals surface area contributed by atoms with Crippen LogP contribution in [-0.2, 0) is 6.54 Å². The van der Waals surface area contributed by atoms with Crippen molar-refractivity contribution in [2.75, 3.05) is 52.9 Å². The van der Waals surface area contributed by atoms with Crippen LogP contribution in [-0.4, -0.2) is 68.6 Å². The second-order valence-electron chi connectivity index (χ2n) is 6.57. The van der Waals surface area contributed by atoms with E-state index < -0.39 is 11.6 Å². The van der Waals surface area contributed by atoms with E-state index in [1.165, 1.54) is 19.2 Å². The lowest BCUT2D eigenvalue weighted by molar-refractivity contribution is 0.136. The molecule has 1 aromatic carbocycles. The molecule has 154 valence electrons. The highest BCUT2D eigenvalue weighted by molar-refractivity contribution is 14.0. The molecular formula is C19H32F2IN5. The second kappa shape index (κ2) is 13.2. The van der Waals surface area contributed by atoms with E-state index in [-0.39, 0.29) is 30.5 Å². The van der Waals surface area contributed by atoms with Gasteiger partial charge in [0, 0.05) is 51.9 Å². The van der Waals surface area contributed by atoms with Gasteiger partial charge >= 0.3 is 0 Å². The number of aliphatic imine (C=N–C) groups is 1. The van der Waals surface area contributed by atoms with Crippen LogP contribution in [0.2, 0.25) is 0 Å². The van der Waals surface area contributed by atoms with Crippen LogP contribution >= 0.6 is 24.0 Å². The summed E-state index contributed by atoms with van der Waals surface area (Å²) in [6, 6.07) is 3.46. The maximum atomic E-state index is 13.6. The maximum absolute atomic E-state index is 13.6. The molecule has 0 aromatic heterocycles. The summed E-state index contributed by atoms with van der Waals surface area (Å²) in [6.07, 6.45) is 2.18. The van der Waals surface area contributed by atoms with Gasteiger partial charge in [0.1, 0.15) is 11.6 Å². The molecule has 1 fully saturated rings. The summed E-state index contributed by atoms with van der Waals surface area (Å²) in [6.45, 7) is 10.1. The van der Waals surface area contributed by atoms with E-state index in [0.717, 1.165) is 57.7 Å². The van der Waals surface area contributed by atoms with Crippen LogP contribution in [0.3, 0.4) is 0 Å². The van der Waals surface area contributed by atoms with Crippen molar-refractivity contribution in [1.82, 2.24) is 20.4 Å². The van der Waals surface area contributed by atoms with Crippen molar-refractivity contribution in [1.29, 1.82) is 0 Å². The van der Waals surface area contributed by atoms with E-state index in [1.54, 1.807) is 7.05 Å². The van der Waals surface area contributed by atoms with Crippen molar-refractivity contribution in [3.63, 3.8) is 0 Å². The van der Waals surface area contributed by atoms with Gasteiger partial charge < -0.3 is 20.4 Å². The Morgan fingerprint density at radius 3 is 2.44 bits per heavy atom. The minimum absolute atomic E-state index is 0. The average Bonchev–Trinajstić information content (AvgIpc) is 2.67. The van der Waals surface area contributed by atoms with Crippen LogP contribution in [0.15, 0.2) is 23.2 Å². The van der Waals surface area contributed by atoms with Gasteiger partial charge in [-0.05, 0) is 44.1 Å². The minimum atomic E-state index is -0.439. The number of hydrogen-bond donors (Lipinski definition) is 2. The molecule has 8 heteroatoms. The molecule has 1 saturated heterocycles. The molecule has 0 aliphatic carbocycles. The van der Waals surface area contributed by atoms with Gasteiger partial charge in [0.2, 0.25) is 0 Å². The fourth-order valence-electron chi connectivity index (χ4n) is 3.07. The molecule has 2 rings (SSSR count). The maximum Gasteiger partial charge on any atom is 0.191 e. The molecule has 1 heterocycles. The Bertz CT molecular complexity index is 577. The lowest BCUT2D eigenvalue weighted by atomic mass is 10.2. The van der Waals surface area contributed by atoms with E-state index in [9.17, 15) is 8.78 Å². The number of likely N-dealkylation sites (N-methyl/N-ethyl adjacent to an activating group) is 1. The van der Waals surface area contributed by atoms with Crippen molar-refractivity contribution in [3.8, 4) is 0 Å². The van der Waals surface area contributed by atoms with E-state index in [1.807, 2.05) is 0 Å². The number of guanidine groups is 1. The third kappa shape index (κ3) is 8.69. The van der Waals surface area contributed by atoms with Gasteiger partial charge in [-0.25, -0.2) is 8.78 Å². The number of hydrogen-bond acceptors (Lipinski definition) is 3. The molecule has 1 aliphatic heterocycles. The van der Waals surface area contributed by atoms with Crippen molar-refractivity contribution in [2.24, 2.45) is 4.99 Å². The molecule has 0 bridgehead atoms. The van der Waals surface area contributed by atoms with Gasteiger partial charge in [0.05, 0.1) is 0 Å². The number of nitrogens with one attached hydrogen (secondary N) is 2. The van der Waals surface area contributed by atoms with Crippen LogP contribution in [0, 0.1) is 11.6 Å². The molecule has 5 nitrogen and oxygen atoms in total. The summed E-state index contributed by atoms with van der Waals surface area (Å²) in [5.41, 5.74) is 0.291. The number of rotatable bonds is 8. The van der Waals surface area contributed by atoms with E-state index in [0.29, 0.717) is 11.5 Å². The summed E-state index contributed by atoms with van der Waals surface area (Å²) >= 11 is 0. The predicted octanol–water partition coefficient (Wildman–Crippen LogP) is 2.67. The zero-order chi connectivity index (χ0) is 18.8. The average molecular weight is 495 g/mol. The van der Waals surface area contributed by atoms with Gasteiger partial charge in [-0.3, -0.25) is 4.99 Å². The Morgan fingerprint density at radius 2 is 1.78 bits per heavy atom. The lowest BCUT2D eigenvalue weighted by Gasteiger charge is -2.34. The van der Waals surface area contributed by atoms with Crippen LogP contribution in [0.5, 0.6) is 0 Å². The van der Waals surface area contributed by atoms with Crippen LogP contribution < -0.4 is 10.6 Å². The van der Waals surface area contributed by atoms with Gasteiger partial charge in [-0.1, -0.05) is 6.92 Å². The van der Waals surface area contributed by atoms with Crippen molar-refractivity contribution < 1.29 is 8.78 Å². The van der Waals surface area contributed by atoms with E-state index in [2.05, 4.69) is 32.3 Å². The Labute approximate surface area is 178 Å². The topological polar surface area (TPSA) is 42.9 Å². The van der Waals surface area contributed by atoms with Crippen molar-refractivity contribution >= 4 is 29.9 Å². The largest absolute Gasteiger partial charge is 0.356 e. The molecule has 0 unspecified atom stereocenters. The van der Waals surface area contributed by atoms with E-state index in [4.69, 9.17) is 0 Å². The van der Waals surface area contributed by atoms with Gasteiger partial charge in [-0.2, -0.15) is 0 Å². The van der Waals surface area contributed by atoms with Gasteiger partial charge in [0.25, 0.3) is 0 Å². The summed E-state index contributed by atoms with van der Waals surface area (Å²) < 4.78 is 26.8. The zero-order valence-corrected chi connectivity index (χ0v) is 18.6. The highest BCUT2D eigenvalue weighted by Crippen LogP contribution is 2.09. The first-order valence-corrected chi connectivity index (χ1v) is 9.45. The minimum Gasteiger partial charge on any atom is -0.356 e. The third-order valence-electron chi connectivity index (χ3n) is 4.78. The molecule has 27 heavy (non-hydrogen) atoms. The Kier molecular flexibility index (Phi) is 11.8. The number of nitrogens with zero attached hydrogens (tertiary/aromatic N) is 3. The van der Waals surface area contributed by atoms with Gasteiger partial charge in [0.15, 0.2) is 5.96 Å². The quantitative estimate of drug-likeness (QED) is 0.252. The molecule has 0 amide bonds. The first-order valence-electron chi connectivity index (χ1n) is 9.45. The number of benzene rings is 1. The van der Waals surface area contributed by atoms with Gasteiger partial charge in [-0.15, -0.1) is 24.0 Å². The highest BCUT2D eigenvalue weighted by Gasteiger charge is 2.14. The SMILES string of the molecule is CCN1CCN(CCCCNC(=NC)NCc2cc(F)ccc2F)CC1.I. The van der Waals surface area contributed by atoms with Crippen LogP contribution in [0.4, 0.5) is 8.78 Å². The number of halogens is 3. The first-order chi connectivity index (χ1) is 12.6. The van der Waals surface area contributed by atoms with E-state index >= 15 is 0 Å². The molecule has 2 N–H and O–H groups in total. The van der Waals surface area contributed by atoms with Crippen molar-refractivity contribution in [3.05, 3.63) is 35.4 Å². The molecule has 0 radical (unpaired) electrons. The lowest BCUT2D eigenvalue weighted by Crippen LogP contribution is -2.46. The van der Waals surface area contributed by atoms with Crippen LogP contribution in [0.25, 0.3) is 0 Å². The first kappa shape index (κ1) is 24.0. The summed E-state index contributed by atoms with van der Waals surface area (Å²) in [5, 5.41) is 6.25. The molecule has 0 saturated carbocycles. The Morgan fingerprint density at radius 1 is 1.07 bits per heavy atom. The second-order valence-corrected chi connectivity index (χ2v) is 6.57. The molecule has 0 atom stereocenters. The molecule has 0 spiro atoms. The molecular weight excluding hydrogens is 463 g/mol. The fourth-order valence-corrected chi connectivity index (χ4v) is 3.07. The Balaban J connectivity index is 0.00000364. The highest BCUT2D eigenvalue weighted by atomic mass is 127. The van der Waals surface area contributed by atoms with Crippen molar-refractivity contribution in [2.45, 2.75) is 26.3 Å². The monoisotopic (exact) mass is 495 g/mol. The Hall–Kier alpha value is -1.00. The fraction of sp³-hybridized carbons (Fsp3) is 0.632.